The number of ether oxygens (including phenoxy) is 1. The van der Waals surface area contributed by atoms with E-state index < -0.39 is 5.60 Å². The van der Waals surface area contributed by atoms with Gasteiger partial charge in [-0.3, -0.25) is 0 Å². The van der Waals surface area contributed by atoms with Crippen LogP contribution in [-0.4, -0.2) is 31.3 Å². The molecule has 1 fully saturated rings. The predicted octanol–water partition coefficient (Wildman–Crippen LogP) is 6.25. The van der Waals surface area contributed by atoms with Gasteiger partial charge in [0.15, 0.2) is 0 Å². The van der Waals surface area contributed by atoms with Crippen molar-refractivity contribution < 1.29 is 9.53 Å². The second kappa shape index (κ2) is 9.01. The summed E-state index contributed by atoms with van der Waals surface area (Å²) >= 11 is 0. The molecule has 1 aliphatic rings. The van der Waals surface area contributed by atoms with E-state index in [4.69, 9.17) is 4.74 Å². The van der Waals surface area contributed by atoms with Gasteiger partial charge in [0.25, 0.3) is 0 Å². The fourth-order valence-corrected chi connectivity index (χ4v) is 4.28. The third-order valence-electron chi connectivity index (χ3n) is 5.86. The molecule has 0 unspecified atom stereocenters. The molecule has 0 radical (unpaired) electrons. The van der Waals surface area contributed by atoms with Crippen LogP contribution in [0.15, 0.2) is 66.7 Å². The van der Waals surface area contributed by atoms with Crippen molar-refractivity contribution in [2.24, 2.45) is 5.92 Å². The molecule has 3 aromatic carbocycles. The number of hydrogen-bond donors (Lipinski definition) is 1. The van der Waals surface area contributed by atoms with Crippen molar-refractivity contribution in [3.05, 3.63) is 66.7 Å². The van der Waals surface area contributed by atoms with Gasteiger partial charge in [-0.05, 0) is 73.6 Å². The number of benzene rings is 3. The minimum Gasteiger partial charge on any atom is -0.444 e. The van der Waals surface area contributed by atoms with E-state index in [1.807, 2.05) is 20.8 Å². The quantitative estimate of drug-likeness (QED) is 0.547. The Bertz CT molecular complexity index is 1040. The van der Waals surface area contributed by atoms with Crippen LogP contribution in [0.3, 0.4) is 0 Å². The van der Waals surface area contributed by atoms with Crippen LogP contribution in [-0.2, 0) is 4.74 Å². The van der Waals surface area contributed by atoms with Crippen molar-refractivity contribution in [1.82, 2.24) is 5.32 Å². The Labute approximate surface area is 185 Å². The maximum atomic E-state index is 11.9. The van der Waals surface area contributed by atoms with E-state index in [9.17, 15) is 4.79 Å². The minimum absolute atomic E-state index is 0.322. The van der Waals surface area contributed by atoms with E-state index >= 15 is 0 Å². The maximum Gasteiger partial charge on any atom is 0.407 e. The van der Waals surface area contributed by atoms with Crippen LogP contribution < -0.4 is 10.2 Å². The van der Waals surface area contributed by atoms with Crippen molar-refractivity contribution >= 4 is 22.6 Å². The highest BCUT2D eigenvalue weighted by molar-refractivity contribution is 5.97. The summed E-state index contributed by atoms with van der Waals surface area (Å²) in [5, 5.41) is 5.48. The molecule has 1 N–H and O–H groups in total. The Kier molecular flexibility index (Phi) is 6.17. The number of hydrogen-bond acceptors (Lipinski definition) is 3. The fourth-order valence-electron chi connectivity index (χ4n) is 4.28. The summed E-state index contributed by atoms with van der Waals surface area (Å²) in [4.78, 5) is 14.4. The van der Waals surface area contributed by atoms with Crippen molar-refractivity contribution in [3.63, 3.8) is 0 Å². The van der Waals surface area contributed by atoms with Gasteiger partial charge in [-0.15, -0.1) is 0 Å². The first-order valence-electron chi connectivity index (χ1n) is 11.2. The molecule has 0 bridgehead atoms. The lowest BCUT2D eigenvalue weighted by Gasteiger charge is -2.34. The summed E-state index contributed by atoms with van der Waals surface area (Å²) in [6, 6.07) is 23.9. The van der Waals surface area contributed by atoms with Crippen molar-refractivity contribution in [1.29, 1.82) is 0 Å². The fraction of sp³-hybridized carbons (Fsp3) is 0.370. The first-order chi connectivity index (χ1) is 14.9. The number of carbonyl (C=O) groups is 1. The zero-order valence-electron chi connectivity index (χ0n) is 18.7. The monoisotopic (exact) mass is 416 g/mol. The van der Waals surface area contributed by atoms with Crippen LogP contribution >= 0.6 is 0 Å². The average Bonchev–Trinajstić information content (AvgIpc) is 2.77. The van der Waals surface area contributed by atoms with Gasteiger partial charge in [-0.1, -0.05) is 54.6 Å². The number of nitrogens with one attached hydrogen (secondary N) is 1. The van der Waals surface area contributed by atoms with E-state index in [0.29, 0.717) is 12.5 Å². The van der Waals surface area contributed by atoms with Crippen molar-refractivity contribution in [2.45, 2.75) is 39.2 Å². The Morgan fingerprint density at radius 1 is 1.00 bits per heavy atom. The van der Waals surface area contributed by atoms with Crippen LogP contribution in [0.4, 0.5) is 10.5 Å². The average molecular weight is 417 g/mol. The highest BCUT2D eigenvalue weighted by atomic mass is 16.6. The first-order valence-corrected chi connectivity index (χ1v) is 11.2. The van der Waals surface area contributed by atoms with E-state index in [-0.39, 0.29) is 6.09 Å². The molecule has 0 spiro atoms. The molecule has 162 valence electrons. The molecular weight excluding hydrogens is 384 g/mol. The zero-order chi connectivity index (χ0) is 21.8. The standard InChI is InChI=1S/C27H32N2O2/c1-27(2,3)31-26(30)28-19-20-14-16-29(17-15-20)23-11-6-10-22(18-23)25-13-7-9-21-8-4-5-12-24(21)25/h4-13,18,20H,14-17,19H2,1-3H3,(H,28,30). The highest BCUT2D eigenvalue weighted by Crippen LogP contribution is 2.32. The number of piperidine rings is 1. The first kappa shape index (κ1) is 21.2. The van der Waals surface area contributed by atoms with Crippen LogP contribution in [0.5, 0.6) is 0 Å². The third kappa shape index (κ3) is 5.38. The lowest BCUT2D eigenvalue weighted by molar-refractivity contribution is 0.0517. The van der Waals surface area contributed by atoms with Crippen molar-refractivity contribution in [2.75, 3.05) is 24.5 Å². The molecule has 0 aromatic heterocycles. The Morgan fingerprint density at radius 3 is 2.48 bits per heavy atom. The molecule has 1 saturated heterocycles. The number of anilines is 1. The highest BCUT2D eigenvalue weighted by Gasteiger charge is 2.22. The lowest BCUT2D eigenvalue weighted by Crippen LogP contribution is -2.40. The molecule has 1 amide bonds. The van der Waals surface area contributed by atoms with E-state index in [1.54, 1.807) is 0 Å². The summed E-state index contributed by atoms with van der Waals surface area (Å²) in [6.45, 7) is 8.34. The Hall–Kier alpha value is -3.01. The van der Waals surface area contributed by atoms with E-state index in [2.05, 4.69) is 76.9 Å². The van der Waals surface area contributed by atoms with E-state index in [1.165, 1.54) is 27.6 Å². The van der Waals surface area contributed by atoms with Gasteiger partial charge in [-0.25, -0.2) is 4.79 Å². The van der Waals surface area contributed by atoms with Crippen LogP contribution in [0.2, 0.25) is 0 Å². The number of carbonyl (C=O) groups excluding carboxylic acids is 1. The number of alkyl carbamates (subject to hydrolysis) is 1. The van der Waals surface area contributed by atoms with Gasteiger partial charge < -0.3 is 15.0 Å². The second-order valence-corrected chi connectivity index (χ2v) is 9.39. The summed E-state index contributed by atoms with van der Waals surface area (Å²) in [7, 11) is 0. The van der Waals surface area contributed by atoms with Gasteiger partial charge in [0, 0.05) is 25.3 Å². The van der Waals surface area contributed by atoms with E-state index in [0.717, 1.165) is 25.9 Å². The molecule has 4 rings (SSSR count). The predicted molar refractivity (Wildman–Crippen MR) is 129 cm³/mol. The van der Waals surface area contributed by atoms with Crippen LogP contribution in [0.1, 0.15) is 33.6 Å². The largest absolute Gasteiger partial charge is 0.444 e. The third-order valence-corrected chi connectivity index (χ3v) is 5.86. The smallest absolute Gasteiger partial charge is 0.407 e. The van der Waals surface area contributed by atoms with Gasteiger partial charge in [-0.2, -0.15) is 0 Å². The van der Waals surface area contributed by atoms with Crippen LogP contribution in [0.25, 0.3) is 21.9 Å². The maximum absolute atomic E-state index is 11.9. The number of amides is 1. The lowest BCUT2D eigenvalue weighted by atomic mass is 9.95. The van der Waals surface area contributed by atoms with Gasteiger partial charge in [0.1, 0.15) is 5.60 Å². The summed E-state index contributed by atoms with van der Waals surface area (Å²) in [5.41, 5.74) is 3.34. The summed E-state index contributed by atoms with van der Waals surface area (Å²) in [6.07, 6.45) is 1.81. The molecule has 0 saturated carbocycles. The number of rotatable bonds is 4. The summed E-state index contributed by atoms with van der Waals surface area (Å²) in [5.74, 6) is 0.491. The van der Waals surface area contributed by atoms with Gasteiger partial charge in [0.2, 0.25) is 0 Å². The SMILES string of the molecule is CC(C)(C)OC(=O)NCC1CCN(c2cccc(-c3cccc4ccccc34)c2)CC1. The minimum atomic E-state index is -0.456. The topological polar surface area (TPSA) is 41.6 Å². The molecule has 1 aliphatic heterocycles. The Morgan fingerprint density at radius 2 is 1.71 bits per heavy atom. The normalized spacial score (nSPS) is 15.1. The molecule has 0 aliphatic carbocycles. The molecule has 3 aromatic rings. The number of nitrogens with zero attached hydrogens (tertiary/aromatic N) is 1. The molecule has 0 atom stereocenters. The van der Waals surface area contributed by atoms with Gasteiger partial charge >= 0.3 is 6.09 Å². The molecular formula is C27H32N2O2. The molecule has 31 heavy (non-hydrogen) atoms. The molecule has 4 heteroatoms. The molecule has 4 nitrogen and oxygen atoms in total. The Balaban J connectivity index is 1.39. The zero-order valence-corrected chi connectivity index (χ0v) is 18.7. The van der Waals surface area contributed by atoms with Crippen molar-refractivity contribution in [3.8, 4) is 11.1 Å². The van der Waals surface area contributed by atoms with Crippen LogP contribution in [0, 0.1) is 5.92 Å². The summed E-state index contributed by atoms with van der Waals surface area (Å²) < 4.78 is 5.34. The second-order valence-electron chi connectivity index (χ2n) is 9.39. The molecule has 1 heterocycles. The number of fused-ring (bicyclic) bond motifs is 1. The van der Waals surface area contributed by atoms with Gasteiger partial charge in [0.05, 0.1) is 0 Å².